The van der Waals surface area contributed by atoms with Gasteiger partial charge in [0.25, 0.3) is 10.0 Å². The second kappa shape index (κ2) is 13.5. The van der Waals surface area contributed by atoms with Crippen molar-refractivity contribution >= 4 is 43.5 Å². The van der Waals surface area contributed by atoms with E-state index in [4.69, 9.17) is 9.47 Å². The van der Waals surface area contributed by atoms with Gasteiger partial charge in [-0.25, -0.2) is 8.42 Å². The Morgan fingerprint density at radius 2 is 1.59 bits per heavy atom. The minimum Gasteiger partial charge on any atom is -0.493 e. The SMILES string of the molecule is CCNC(=O)C(C)N(Cc1ccc(Br)cc1)C(=O)CN(c1ccc(OC)c(OC)c1)S(=O)(=O)c1ccccc1. The van der Waals surface area contributed by atoms with Crippen molar-refractivity contribution in [2.75, 3.05) is 31.6 Å². The number of sulfonamides is 1. The van der Waals surface area contributed by atoms with Crippen molar-refractivity contribution in [1.29, 1.82) is 0 Å². The zero-order chi connectivity index (χ0) is 28.6. The number of likely N-dealkylation sites (N-methyl/N-ethyl adjacent to an activating group) is 1. The molecule has 0 saturated carbocycles. The largest absolute Gasteiger partial charge is 0.493 e. The van der Waals surface area contributed by atoms with E-state index in [0.29, 0.717) is 18.0 Å². The monoisotopic (exact) mass is 617 g/mol. The van der Waals surface area contributed by atoms with E-state index >= 15 is 0 Å². The molecule has 0 radical (unpaired) electrons. The molecule has 39 heavy (non-hydrogen) atoms. The zero-order valence-corrected chi connectivity index (χ0v) is 24.7. The molecule has 2 amide bonds. The number of nitrogens with one attached hydrogen (secondary N) is 1. The van der Waals surface area contributed by atoms with Crippen molar-refractivity contribution in [3.63, 3.8) is 0 Å². The van der Waals surface area contributed by atoms with Gasteiger partial charge < -0.3 is 19.7 Å². The van der Waals surface area contributed by atoms with Crippen LogP contribution in [0.15, 0.2) is 82.2 Å². The molecule has 0 spiro atoms. The van der Waals surface area contributed by atoms with Crippen molar-refractivity contribution in [3.05, 3.63) is 82.8 Å². The molecule has 3 aromatic carbocycles. The Morgan fingerprint density at radius 1 is 0.949 bits per heavy atom. The van der Waals surface area contributed by atoms with Gasteiger partial charge >= 0.3 is 0 Å². The van der Waals surface area contributed by atoms with Crippen molar-refractivity contribution in [2.45, 2.75) is 31.3 Å². The van der Waals surface area contributed by atoms with Gasteiger partial charge in [0, 0.05) is 23.6 Å². The van der Waals surface area contributed by atoms with Crippen LogP contribution in [0.25, 0.3) is 0 Å². The number of carbonyl (C=O) groups excluding carboxylic acids is 2. The van der Waals surface area contributed by atoms with E-state index < -0.39 is 28.5 Å². The van der Waals surface area contributed by atoms with Crippen molar-refractivity contribution in [2.24, 2.45) is 0 Å². The smallest absolute Gasteiger partial charge is 0.264 e. The Hall–Kier alpha value is -3.57. The van der Waals surface area contributed by atoms with Crippen LogP contribution in [-0.2, 0) is 26.2 Å². The number of anilines is 1. The number of carbonyl (C=O) groups is 2. The number of hydrogen-bond donors (Lipinski definition) is 1. The van der Waals surface area contributed by atoms with E-state index in [2.05, 4.69) is 21.2 Å². The number of methoxy groups -OCH3 is 2. The number of hydrogen-bond acceptors (Lipinski definition) is 6. The van der Waals surface area contributed by atoms with Gasteiger partial charge in [0.2, 0.25) is 11.8 Å². The molecule has 0 fully saturated rings. The van der Waals surface area contributed by atoms with Gasteiger partial charge in [-0.2, -0.15) is 0 Å². The van der Waals surface area contributed by atoms with Gasteiger partial charge in [-0.3, -0.25) is 13.9 Å². The molecule has 0 heterocycles. The molecule has 0 aliphatic heterocycles. The van der Waals surface area contributed by atoms with Crippen LogP contribution in [0.2, 0.25) is 0 Å². The van der Waals surface area contributed by atoms with Gasteiger partial charge in [0.05, 0.1) is 24.8 Å². The first kappa shape index (κ1) is 30.0. The maximum Gasteiger partial charge on any atom is 0.264 e. The Balaban J connectivity index is 2.07. The Bertz CT molecular complexity index is 1380. The highest BCUT2D eigenvalue weighted by Gasteiger charge is 2.32. The maximum absolute atomic E-state index is 13.9. The Morgan fingerprint density at radius 3 is 2.18 bits per heavy atom. The molecule has 11 heteroatoms. The fourth-order valence-electron chi connectivity index (χ4n) is 3.92. The number of amides is 2. The molecule has 208 valence electrons. The summed E-state index contributed by atoms with van der Waals surface area (Å²) >= 11 is 3.40. The molecule has 1 atom stereocenters. The first-order valence-electron chi connectivity index (χ1n) is 12.2. The lowest BCUT2D eigenvalue weighted by Crippen LogP contribution is -2.51. The topological polar surface area (TPSA) is 105 Å². The van der Waals surface area contributed by atoms with E-state index in [1.165, 1.54) is 37.3 Å². The summed E-state index contributed by atoms with van der Waals surface area (Å²) in [5.74, 6) is -0.179. The van der Waals surface area contributed by atoms with Gasteiger partial charge in [-0.05, 0) is 55.8 Å². The van der Waals surface area contributed by atoms with Crippen LogP contribution in [0.4, 0.5) is 5.69 Å². The van der Waals surface area contributed by atoms with Crippen molar-refractivity contribution in [3.8, 4) is 11.5 Å². The maximum atomic E-state index is 13.9. The lowest BCUT2D eigenvalue weighted by Gasteiger charge is -2.32. The van der Waals surface area contributed by atoms with Crippen LogP contribution in [0.5, 0.6) is 11.5 Å². The molecular formula is C28H32BrN3O6S. The molecule has 0 aliphatic rings. The zero-order valence-electron chi connectivity index (χ0n) is 22.3. The Labute approximate surface area is 237 Å². The first-order valence-corrected chi connectivity index (χ1v) is 14.5. The number of ether oxygens (including phenoxy) is 2. The molecule has 1 unspecified atom stereocenters. The highest BCUT2D eigenvalue weighted by Crippen LogP contribution is 2.34. The minimum absolute atomic E-state index is 0.0174. The highest BCUT2D eigenvalue weighted by molar-refractivity contribution is 9.10. The summed E-state index contributed by atoms with van der Waals surface area (Å²) in [5, 5.41) is 2.74. The van der Waals surface area contributed by atoms with Crippen molar-refractivity contribution in [1.82, 2.24) is 10.2 Å². The molecular weight excluding hydrogens is 586 g/mol. The van der Waals surface area contributed by atoms with Crippen LogP contribution in [0.1, 0.15) is 19.4 Å². The average molecular weight is 619 g/mol. The van der Waals surface area contributed by atoms with Gasteiger partial charge in [0.1, 0.15) is 12.6 Å². The molecule has 0 aromatic heterocycles. The Kier molecular flexibility index (Phi) is 10.4. The second-order valence-electron chi connectivity index (χ2n) is 8.58. The third kappa shape index (κ3) is 7.30. The summed E-state index contributed by atoms with van der Waals surface area (Å²) in [7, 11) is -1.26. The lowest BCUT2D eigenvalue weighted by molar-refractivity contribution is -0.139. The molecule has 0 aliphatic carbocycles. The standard InChI is InChI=1S/C28H32BrN3O6S/c1-5-30-28(34)20(2)31(18-21-11-13-22(29)14-12-21)27(33)19-32(39(35,36)24-9-7-6-8-10-24)23-15-16-25(37-3)26(17-23)38-4/h6-17,20H,5,18-19H2,1-4H3,(H,30,34). The van der Waals surface area contributed by atoms with Crippen LogP contribution < -0.4 is 19.1 Å². The first-order chi connectivity index (χ1) is 18.6. The summed E-state index contributed by atoms with van der Waals surface area (Å²) < 4.78 is 40.3. The van der Waals surface area contributed by atoms with E-state index in [-0.39, 0.29) is 23.0 Å². The van der Waals surface area contributed by atoms with E-state index in [1.807, 2.05) is 24.3 Å². The van der Waals surface area contributed by atoms with Crippen LogP contribution >= 0.6 is 15.9 Å². The fraction of sp³-hybridized carbons (Fsp3) is 0.286. The molecule has 1 N–H and O–H groups in total. The summed E-state index contributed by atoms with van der Waals surface area (Å²) in [5.41, 5.74) is 0.991. The molecule has 9 nitrogen and oxygen atoms in total. The summed E-state index contributed by atoms with van der Waals surface area (Å²) in [6, 6.07) is 19.0. The quantitative estimate of drug-likeness (QED) is 0.326. The summed E-state index contributed by atoms with van der Waals surface area (Å²) in [6.45, 7) is 3.36. The average Bonchev–Trinajstić information content (AvgIpc) is 2.95. The van der Waals surface area contributed by atoms with E-state index in [9.17, 15) is 18.0 Å². The molecule has 0 bridgehead atoms. The number of rotatable bonds is 12. The second-order valence-corrected chi connectivity index (χ2v) is 11.4. The molecule has 0 saturated heterocycles. The normalized spacial score (nSPS) is 11.8. The van der Waals surface area contributed by atoms with Crippen LogP contribution in [-0.4, -0.2) is 58.5 Å². The van der Waals surface area contributed by atoms with Gasteiger partial charge in [0.15, 0.2) is 11.5 Å². The lowest BCUT2D eigenvalue weighted by atomic mass is 10.1. The number of halogens is 1. The minimum atomic E-state index is -4.18. The van der Waals surface area contributed by atoms with Crippen LogP contribution in [0.3, 0.4) is 0 Å². The van der Waals surface area contributed by atoms with Crippen molar-refractivity contribution < 1.29 is 27.5 Å². The van der Waals surface area contributed by atoms with Crippen LogP contribution in [0, 0.1) is 0 Å². The van der Waals surface area contributed by atoms with Gasteiger partial charge in [-0.15, -0.1) is 0 Å². The predicted octanol–water partition coefficient (Wildman–Crippen LogP) is 4.22. The van der Waals surface area contributed by atoms with Gasteiger partial charge in [-0.1, -0.05) is 46.3 Å². The van der Waals surface area contributed by atoms with E-state index in [0.717, 1.165) is 14.3 Å². The number of benzene rings is 3. The summed E-state index contributed by atoms with van der Waals surface area (Å²) in [4.78, 5) is 28.1. The third-order valence-corrected chi connectivity index (χ3v) is 8.37. The fourth-order valence-corrected chi connectivity index (χ4v) is 5.61. The molecule has 3 rings (SSSR count). The third-order valence-electron chi connectivity index (χ3n) is 6.05. The summed E-state index contributed by atoms with van der Waals surface area (Å²) in [6.07, 6.45) is 0. The number of nitrogens with zero attached hydrogens (tertiary/aromatic N) is 2. The molecule has 3 aromatic rings. The highest BCUT2D eigenvalue weighted by atomic mass is 79.9. The predicted molar refractivity (Wildman–Crippen MR) is 153 cm³/mol. The van der Waals surface area contributed by atoms with E-state index in [1.54, 1.807) is 44.2 Å².